The van der Waals surface area contributed by atoms with E-state index in [1.54, 1.807) is 6.07 Å². The second-order valence-corrected chi connectivity index (χ2v) is 22.9. The largest absolute Gasteiger partial charge is 0.495 e. The number of hydrogen-bond acceptors (Lipinski definition) is 12. The number of fused-ring (bicyclic) bond motifs is 6. The second kappa shape index (κ2) is 16.4. The van der Waals surface area contributed by atoms with Gasteiger partial charge in [0.25, 0.3) is 0 Å². The maximum atomic E-state index is 15.3. The van der Waals surface area contributed by atoms with Crippen LogP contribution in [-0.4, -0.2) is 84.3 Å². The highest BCUT2D eigenvalue weighted by molar-refractivity contribution is 9.10. The van der Waals surface area contributed by atoms with Crippen molar-refractivity contribution < 1.29 is 39.6 Å². The third kappa shape index (κ3) is 8.25. The zero-order chi connectivity index (χ0) is 49.3. The van der Waals surface area contributed by atoms with Crippen LogP contribution >= 0.6 is 15.9 Å². The van der Waals surface area contributed by atoms with Gasteiger partial charge in [0.05, 0.1) is 67.4 Å². The van der Waals surface area contributed by atoms with Gasteiger partial charge in [-0.2, -0.15) is 0 Å². The first kappa shape index (κ1) is 50.5. The fraction of sp³-hybridized carbons (Fsp3) is 0.652. The smallest absolute Gasteiger partial charge is 0.405 e. The molecule has 0 radical (unpaired) electrons. The summed E-state index contributed by atoms with van der Waals surface area (Å²) >= 11 is 3.46. The van der Waals surface area contributed by atoms with Gasteiger partial charge in [-0.25, -0.2) is 8.78 Å². The van der Waals surface area contributed by atoms with Gasteiger partial charge in [-0.1, -0.05) is 29.8 Å². The van der Waals surface area contributed by atoms with Crippen molar-refractivity contribution in [2.75, 3.05) is 10.6 Å². The SMILES string of the molecule is CC1(C)OB(B2OC(C)(C)C(C)(C)O2)OC1(C)C.CCc1c(B2OC(C)(C)C(C)(C)O2)cc(F)c2c1-n1c(C)nnc1C(C)(C)N2.CCc1c(Br)cc(F)c2c1-n1c(C)nnc1C(C)(C)N2.[HH].[HH]. The number of halogens is 3. The van der Waals surface area contributed by atoms with Gasteiger partial charge >= 0.3 is 21.1 Å². The van der Waals surface area contributed by atoms with E-state index in [-0.39, 0.29) is 36.9 Å². The topological polar surface area (TPSA) is 141 Å². The summed E-state index contributed by atoms with van der Waals surface area (Å²) in [7, 11) is -1.58. The van der Waals surface area contributed by atoms with E-state index in [1.807, 2.05) is 134 Å². The number of rotatable bonds is 4. The second-order valence-electron chi connectivity index (χ2n) is 22.0. The number of aryl methyl sites for hydroxylation is 2. The molecule has 14 nitrogen and oxygen atoms in total. The number of nitrogens with zero attached hydrogens (tertiary/aromatic N) is 6. The summed E-state index contributed by atoms with van der Waals surface area (Å²) in [5.74, 6) is 2.46. The van der Waals surface area contributed by atoms with E-state index in [0.717, 1.165) is 62.2 Å². The van der Waals surface area contributed by atoms with Gasteiger partial charge in [0.2, 0.25) is 0 Å². The molecule has 0 spiro atoms. The minimum absolute atomic E-state index is 0. The Kier molecular flexibility index (Phi) is 12.5. The number of anilines is 2. The van der Waals surface area contributed by atoms with Crippen LogP contribution in [0.5, 0.6) is 0 Å². The van der Waals surface area contributed by atoms with Crippen LogP contribution in [0.2, 0.25) is 0 Å². The molecule has 2 aromatic carbocycles. The highest BCUT2D eigenvalue weighted by Crippen LogP contribution is 2.46. The van der Waals surface area contributed by atoms with E-state index in [4.69, 9.17) is 27.9 Å². The van der Waals surface area contributed by atoms with Crippen LogP contribution in [0.1, 0.15) is 162 Å². The van der Waals surface area contributed by atoms with Crippen LogP contribution < -0.4 is 16.1 Å². The highest BCUT2D eigenvalue weighted by Gasteiger charge is 2.64. The van der Waals surface area contributed by atoms with Crippen LogP contribution in [0, 0.1) is 25.5 Å². The molecular weight excluding hydrogens is 911 g/mol. The predicted molar refractivity (Wildman–Crippen MR) is 264 cm³/mol. The monoisotopic (exact) mass is 983 g/mol. The van der Waals surface area contributed by atoms with Gasteiger partial charge in [0.15, 0.2) is 11.6 Å². The lowest BCUT2D eigenvalue weighted by Gasteiger charge is -2.35. The Bertz CT molecular complexity index is 2490. The average molecular weight is 983 g/mol. The molecule has 9 rings (SSSR count). The van der Waals surface area contributed by atoms with Gasteiger partial charge in [-0.05, 0) is 166 Å². The molecule has 5 aliphatic rings. The van der Waals surface area contributed by atoms with Crippen molar-refractivity contribution in [3.8, 4) is 11.4 Å². The molecule has 2 N–H and O–H groups in total. The zero-order valence-corrected chi connectivity index (χ0v) is 44.2. The lowest BCUT2D eigenvalue weighted by Crippen LogP contribution is -2.42. The normalized spacial score (nSPS) is 22.4. The standard InChI is InChI=1S/C20H28BFN4O2.C14H16BrFN4.C12H24B2O4.2H2/c1-9-12-13(21-27-19(5,6)20(7,8)28-21)10-14(22)15-16(12)26-11(2)24-25-17(26)18(3,4)23-15;1-5-8-9(15)6-10(16)11-12(8)20-7(2)18-19-13(20)14(3,4)17-11;1-9(2)10(3,4)16-13(15-9)14-17-11(5,6)12(7,8)18-14;;/h10,23H,9H2,1-8H3;6,17H,5H2,1-4H3;1-8H3;2*1H. The molecule has 0 saturated carbocycles. The van der Waals surface area contributed by atoms with Gasteiger partial charge in [-0.15, -0.1) is 20.4 Å². The maximum Gasteiger partial charge on any atom is 0.495 e. The fourth-order valence-corrected chi connectivity index (χ4v) is 9.44. The predicted octanol–water partition coefficient (Wildman–Crippen LogP) is 9.68. The number of benzene rings is 2. The van der Waals surface area contributed by atoms with Crippen molar-refractivity contribution >= 4 is 53.9 Å². The molecule has 0 amide bonds. The summed E-state index contributed by atoms with van der Waals surface area (Å²) in [6.07, 6.45) is 1.49. The minimum atomic E-state index is -0.630. The van der Waals surface area contributed by atoms with Gasteiger partial charge in [-0.3, -0.25) is 9.13 Å². The van der Waals surface area contributed by atoms with Crippen molar-refractivity contribution in [2.24, 2.45) is 0 Å². The Labute approximate surface area is 402 Å². The van der Waals surface area contributed by atoms with Gasteiger partial charge < -0.3 is 38.6 Å². The third-order valence-corrected chi connectivity index (χ3v) is 15.5. The molecule has 7 heterocycles. The van der Waals surface area contributed by atoms with E-state index < -0.39 is 43.4 Å². The van der Waals surface area contributed by atoms with Crippen LogP contribution in [0.4, 0.5) is 20.2 Å². The summed E-state index contributed by atoms with van der Waals surface area (Å²) in [4.78, 5) is 0. The van der Waals surface area contributed by atoms with E-state index in [2.05, 4.69) is 60.8 Å². The molecule has 2 aromatic heterocycles. The molecule has 3 fully saturated rings. The lowest BCUT2D eigenvalue weighted by molar-refractivity contribution is 0.00578. The van der Waals surface area contributed by atoms with Crippen LogP contribution in [0.25, 0.3) is 11.4 Å². The zero-order valence-electron chi connectivity index (χ0n) is 42.6. The first-order chi connectivity index (χ1) is 30.1. The number of hydrogen-bond donors (Lipinski definition) is 2. The van der Waals surface area contributed by atoms with Crippen LogP contribution in [0.15, 0.2) is 16.6 Å². The van der Waals surface area contributed by atoms with Crippen LogP contribution in [0.3, 0.4) is 0 Å². The van der Waals surface area contributed by atoms with Crippen molar-refractivity contribution in [1.82, 2.24) is 29.5 Å². The Morgan fingerprint density at radius 1 is 0.545 bits per heavy atom. The Balaban J connectivity index is 0.000000194. The highest BCUT2D eigenvalue weighted by atomic mass is 79.9. The first-order valence-electron chi connectivity index (χ1n) is 23.0. The van der Waals surface area contributed by atoms with E-state index in [9.17, 15) is 4.39 Å². The molecule has 0 atom stereocenters. The van der Waals surface area contributed by atoms with Crippen molar-refractivity contribution in [1.29, 1.82) is 0 Å². The summed E-state index contributed by atoms with van der Waals surface area (Å²) in [5, 5.41) is 23.6. The average Bonchev–Trinajstić information content (AvgIpc) is 3.93. The molecule has 4 aromatic rings. The summed E-state index contributed by atoms with van der Waals surface area (Å²) in [6, 6.07) is 3.07. The van der Waals surface area contributed by atoms with Crippen molar-refractivity contribution in [3.05, 3.63) is 62.7 Å². The van der Waals surface area contributed by atoms with Gasteiger partial charge in [0, 0.05) is 7.33 Å². The number of aromatic nitrogens is 6. The molecule has 0 bridgehead atoms. The van der Waals surface area contributed by atoms with Crippen LogP contribution in [-0.2, 0) is 51.8 Å². The summed E-state index contributed by atoms with van der Waals surface area (Å²) in [6.45, 7) is 40.0. The maximum absolute atomic E-state index is 15.3. The third-order valence-electron chi connectivity index (χ3n) is 14.8. The van der Waals surface area contributed by atoms with Crippen molar-refractivity contribution in [2.45, 2.75) is 196 Å². The molecule has 5 aliphatic heterocycles. The van der Waals surface area contributed by atoms with Gasteiger partial charge in [0.1, 0.15) is 23.3 Å². The number of nitrogens with one attached hydrogen (secondary N) is 2. The molecule has 0 aliphatic carbocycles. The summed E-state index contributed by atoms with van der Waals surface area (Å²) in [5.41, 5.74) is 1.88. The lowest BCUT2D eigenvalue weighted by atomic mass is 9.49. The molecule has 3 saturated heterocycles. The van der Waals surface area contributed by atoms with E-state index in [0.29, 0.717) is 17.8 Å². The Morgan fingerprint density at radius 2 is 0.879 bits per heavy atom. The first-order valence-corrected chi connectivity index (χ1v) is 23.8. The molecule has 0 unspecified atom stereocenters. The molecule has 66 heavy (non-hydrogen) atoms. The molecular formula is C46H72B3BrF2N8O6. The quantitative estimate of drug-likeness (QED) is 0.188. The summed E-state index contributed by atoms with van der Waals surface area (Å²) < 4.78 is 70.7. The molecule has 20 heteroatoms. The fourth-order valence-electron chi connectivity index (χ4n) is 8.77. The minimum Gasteiger partial charge on any atom is -0.405 e. The van der Waals surface area contributed by atoms with Crippen molar-refractivity contribution in [3.63, 3.8) is 0 Å². The molecule has 362 valence electrons. The Hall–Kier alpha value is -3.39. The Morgan fingerprint density at radius 3 is 1.24 bits per heavy atom. The van der Waals surface area contributed by atoms with E-state index in [1.165, 1.54) is 6.07 Å². The van der Waals surface area contributed by atoms with E-state index >= 15 is 4.39 Å².